The average Bonchev–Trinajstić information content (AvgIpc) is 2.58. The molecule has 3 aliphatic carbocycles. The fourth-order valence-corrected chi connectivity index (χ4v) is 4.71. The van der Waals surface area contributed by atoms with Crippen LogP contribution in [0.1, 0.15) is 72.1 Å². The molecule has 1 amide bonds. The number of methoxy groups -OCH3 is 1. The van der Waals surface area contributed by atoms with Crippen LogP contribution >= 0.6 is 0 Å². The van der Waals surface area contributed by atoms with Gasteiger partial charge in [-0.15, -0.1) is 0 Å². The third-order valence-corrected chi connectivity index (χ3v) is 6.46. The molecular formula is C21H35NO3. The average molecular weight is 350 g/mol. The molecule has 0 heterocycles. The third-order valence-electron chi connectivity index (χ3n) is 6.46. The zero-order valence-corrected chi connectivity index (χ0v) is 16.3. The number of allylic oxidation sites excluding steroid dienone is 2. The van der Waals surface area contributed by atoms with Gasteiger partial charge >= 0.3 is 5.97 Å². The maximum absolute atomic E-state index is 12.2. The Bertz CT molecular complexity index is 497. The summed E-state index contributed by atoms with van der Waals surface area (Å²) >= 11 is 0. The molecule has 0 spiro atoms. The van der Waals surface area contributed by atoms with E-state index in [0.717, 1.165) is 31.6 Å². The predicted octanol–water partition coefficient (Wildman–Crippen LogP) is 4.24. The molecule has 1 N–H and O–H groups in total. The van der Waals surface area contributed by atoms with Crippen LogP contribution in [-0.2, 0) is 14.3 Å². The molecule has 0 aliphatic heterocycles. The van der Waals surface area contributed by atoms with Gasteiger partial charge in [-0.05, 0) is 61.7 Å². The molecular weight excluding hydrogens is 314 g/mol. The minimum atomic E-state index is -0.137. The highest BCUT2D eigenvalue weighted by molar-refractivity contribution is 5.76. The first kappa shape index (κ1) is 20.0. The van der Waals surface area contributed by atoms with E-state index in [0.29, 0.717) is 36.1 Å². The zero-order chi connectivity index (χ0) is 18.4. The van der Waals surface area contributed by atoms with Crippen LogP contribution in [0.3, 0.4) is 0 Å². The van der Waals surface area contributed by atoms with E-state index in [9.17, 15) is 9.59 Å². The second-order valence-electron chi connectivity index (χ2n) is 8.38. The van der Waals surface area contributed by atoms with Crippen LogP contribution in [0.15, 0.2) is 12.2 Å². The van der Waals surface area contributed by atoms with Gasteiger partial charge in [-0.1, -0.05) is 32.9 Å². The van der Waals surface area contributed by atoms with E-state index in [4.69, 9.17) is 0 Å². The van der Waals surface area contributed by atoms with Crippen molar-refractivity contribution in [2.45, 2.75) is 78.2 Å². The first-order valence-corrected chi connectivity index (χ1v) is 9.91. The van der Waals surface area contributed by atoms with Crippen LogP contribution < -0.4 is 5.32 Å². The number of ether oxygens (including phenoxy) is 1. The molecule has 0 aromatic carbocycles. The maximum Gasteiger partial charge on any atom is 0.305 e. The molecule has 25 heavy (non-hydrogen) atoms. The number of esters is 1. The Morgan fingerprint density at radius 2 is 1.96 bits per heavy atom. The minimum absolute atomic E-state index is 0.137. The van der Waals surface area contributed by atoms with Gasteiger partial charge in [-0.25, -0.2) is 0 Å². The van der Waals surface area contributed by atoms with E-state index in [-0.39, 0.29) is 11.9 Å². The molecule has 0 aromatic rings. The van der Waals surface area contributed by atoms with Gasteiger partial charge in [0, 0.05) is 18.9 Å². The molecule has 1 unspecified atom stereocenters. The molecule has 0 saturated heterocycles. The van der Waals surface area contributed by atoms with Crippen molar-refractivity contribution >= 4 is 11.9 Å². The Labute approximate surface area is 152 Å². The highest BCUT2D eigenvalue weighted by atomic mass is 16.5. The lowest BCUT2D eigenvalue weighted by atomic mass is 9.44. The lowest BCUT2D eigenvalue weighted by Gasteiger charge is -2.62. The number of hydrogen-bond acceptors (Lipinski definition) is 3. The number of hydrogen-bond donors (Lipinski definition) is 1. The summed E-state index contributed by atoms with van der Waals surface area (Å²) in [5.41, 5.74) is 0.366. The van der Waals surface area contributed by atoms with Gasteiger partial charge in [0.25, 0.3) is 0 Å². The SMILES string of the molecule is CCCC(=O)NC1[C@@H](C/C=C\CCCC(=O)OC)C[C@H]2C[C@@H]1C2(C)C. The van der Waals surface area contributed by atoms with Gasteiger partial charge in [-0.3, -0.25) is 9.59 Å². The Morgan fingerprint density at radius 3 is 2.60 bits per heavy atom. The summed E-state index contributed by atoms with van der Waals surface area (Å²) < 4.78 is 4.66. The monoisotopic (exact) mass is 349 g/mol. The van der Waals surface area contributed by atoms with Gasteiger partial charge in [0.1, 0.15) is 0 Å². The Hall–Kier alpha value is -1.32. The standard InChI is InChI=1S/C21H35NO3/c1-5-10-18(23)22-20-15(13-16-14-17(20)21(16,2)3)11-8-6-7-9-12-19(24)25-4/h6,8,15-17,20H,5,7,9-14H2,1-4H3,(H,22,23)/b8-6-/t15-,16-,17-,20?/m0/s1. The summed E-state index contributed by atoms with van der Waals surface area (Å²) in [6.07, 6.45) is 11.7. The van der Waals surface area contributed by atoms with Crippen LogP contribution in [0.25, 0.3) is 0 Å². The van der Waals surface area contributed by atoms with Gasteiger partial charge in [0.2, 0.25) is 5.91 Å². The van der Waals surface area contributed by atoms with E-state index >= 15 is 0 Å². The second kappa shape index (κ2) is 8.86. The second-order valence-corrected chi connectivity index (χ2v) is 8.38. The van der Waals surface area contributed by atoms with Crippen molar-refractivity contribution in [2.75, 3.05) is 7.11 Å². The topological polar surface area (TPSA) is 55.4 Å². The third kappa shape index (κ3) is 4.86. The smallest absolute Gasteiger partial charge is 0.305 e. The van der Waals surface area contributed by atoms with Crippen LogP contribution in [0.2, 0.25) is 0 Å². The largest absolute Gasteiger partial charge is 0.469 e. The number of nitrogens with one attached hydrogen (secondary N) is 1. The lowest BCUT2D eigenvalue weighted by Crippen LogP contribution is -2.63. The Balaban J connectivity index is 1.85. The first-order valence-electron chi connectivity index (χ1n) is 9.91. The van der Waals surface area contributed by atoms with Crippen molar-refractivity contribution in [3.8, 4) is 0 Å². The van der Waals surface area contributed by atoms with E-state index < -0.39 is 0 Å². The van der Waals surface area contributed by atoms with Crippen LogP contribution in [0.5, 0.6) is 0 Å². The fraction of sp³-hybridized carbons (Fsp3) is 0.810. The van der Waals surface area contributed by atoms with Crippen LogP contribution in [0.4, 0.5) is 0 Å². The summed E-state index contributed by atoms with van der Waals surface area (Å²) in [4.78, 5) is 23.3. The fourth-order valence-electron chi connectivity index (χ4n) is 4.71. The van der Waals surface area contributed by atoms with Crippen molar-refractivity contribution in [2.24, 2.45) is 23.2 Å². The first-order chi connectivity index (χ1) is 11.9. The van der Waals surface area contributed by atoms with Gasteiger partial charge in [-0.2, -0.15) is 0 Å². The molecule has 4 heteroatoms. The molecule has 0 aromatic heterocycles. The van der Waals surface area contributed by atoms with Crippen LogP contribution in [0, 0.1) is 23.2 Å². The highest BCUT2D eigenvalue weighted by Crippen LogP contribution is 2.61. The van der Waals surface area contributed by atoms with Crippen molar-refractivity contribution in [1.29, 1.82) is 0 Å². The van der Waals surface area contributed by atoms with Crippen molar-refractivity contribution < 1.29 is 14.3 Å². The van der Waals surface area contributed by atoms with E-state index in [1.165, 1.54) is 20.0 Å². The van der Waals surface area contributed by atoms with E-state index in [2.05, 4.69) is 43.0 Å². The van der Waals surface area contributed by atoms with Crippen molar-refractivity contribution in [3.05, 3.63) is 12.2 Å². The molecule has 3 fully saturated rings. The van der Waals surface area contributed by atoms with Gasteiger partial charge < -0.3 is 10.1 Å². The van der Waals surface area contributed by atoms with Crippen molar-refractivity contribution in [3.63, 3.8) is 0 Å². The predicted molar refractivity (Wildman–Crippen MR) is 99.9 cm³/mol. The molecule has 4 atom stereocenters. The Kier molecular flexibility index (Phi) is 7.09. The van der Waals surface area contributed by atoms with Crippen molar-refractivity contribution in [1.82, 2.24) is 5.32 Å². The number of fused-ring (bicyclic) bond motifs is 2. The molecule has 142 valence electrons. The minimum Gasteiger partial charge on any atom is -0.469 e. The summed E-state index contributed by atoms with van der Waals surface area (Å²) in [7, 11) is 1.43. The number of amides is 1. The van der Waals surface area contributed by atoms with Gasteiger partial charge in [0.05, 0.1) is 7.11 Å². The summed E-state index contributed by atoms with van der Waals surface area (Å²) in [6, 6.07) is 0.318. The molecule has 3 saturated carbocycles. The molecule has 3 aliphatic rings. The Morgan fingerprint density at radius 1 is 1.20 bits per heavy atom. The summed E-state index contributed by atoms with van der Waals surface area (Å²) in [6.45, 7) is 6.78. The number of carbonyl (C=O) groups is 2. The van der Waals surface area contributed by atoms with Crippen LogP contribution in [-0.4, -0.2) is 25.0 Å². The molecule has 3 rings (SSSR count). The quantitative estimate of drug-likeness (QED) is 0.385. The normalized spacial score (nSPS) is 29.9. The number of carbonyl (C=O) groups excluding carboxylic acids is 2. The summed E-state index contributed by atoms with van der Waals surface area (Å²) in [5, 5.41) is 3.35. The van der Waals surface area contributed by atoms with E-state index in [1.54, 1.807) is 0 Å². The summed E-state index contributed by atoms with van der Waals surface area (Å²) in [5.74, 6) is 2.04. The van der Waals surface area contributed by atoms with Gasteiger partial charge in [0.15, 0.2) is 0 Å². The molecule has 4 nitrogen and oxygen atoms in total. The molecule has 2 bridgehead atoms. The maximum atomic E-state index is 12.2. The number of unbranched alkanes of at least 4 members (excludes halogenated alkanes) is 1. The zero-order valence-electron chi connectivity index (χ0n) is 16.3. The highest BCUT2D eigenvalue weighted by Gasteiger charge is 2.57. The molecule has 0 radical (unpaired) electrons. The lowest BCUT2D eigenvalue weighted by molar-refractivity contribution is -0.140. The number of rotatable bonds is 9. The van der Waals surface area contributed by atoms with E-state index in [1.807, 2.05) is 0 Å².